The number of aromatic nitrogens is 2. The molecule has 128 valence electrons. The fourth-order valence-electron chi connectivity index (χ4n) is 1.41. The smallest absolute Gasteiger partial charge is 0.540 e. The molecule has 0 radical (unpaired) electrons. The predicted molar refractivity (Wildman–Crippen MR) is 87.7 cm³/mol. The molecule has 0 unspecified atom stereocenters. The van der Waals surface area contributed by atoms with Crippen LogP contribution >= 0.6 is 0 Å². The van der Waals surface area contributed by atoms with Crippen LogP contribution in [0.4, 0.5) is 5.69 Å². The van der Waals surface area contributed by atoms with Gasteiger partial charge in [0.15, 0.2) is 5.56 Å². The van der Waals surface area contributed by atoms with E-state index in [2.05, 4.69) is 18.0 Å². The van der Waals surface area contributed by atoms with Crippen molar-refractivity contribution in [2.24, 2.45) is 14.1 Å². The molecule has 0 bridgehead atoms. The second kappa shape index (κ2) is 15.3. The van der Waals surface area contributed by atoms with Crippen molar-refractivity contribution in [3.8, 4) is 0 Å². The number of aryl methyl sites for hydroxylation is 1. The molecule has 0 aliphatic heterocycles. The summed E-state index contributed by atoms with van der Waals surface area (Å²) in [7, 11) is 8.31. The fourth-order valence-corrected chi connectivity index (χ4v) is 1.41. The van der Waals surface area contributed by atoms with Gasteiger partial charge in [0.1, 0.15) is 6.29 Å². The zero-order valence-electron chi connectivity index (χ0n) is 15.1. The Morgan fingerprint density at radius 1 is 1.35 bits per heavy atom. The van der Waals surface area contributed by atoms with Gasteiger partial charge in [0.2, 0.25) is 5.69 Å². The number of ether oxygens (including phenoxy) is 1. The van der Waals surface area contributed by atoms with E-state index in [1.807, 2.05) is 6.92 Å². The number of anilines is 1. The molecule has 0 fully saturated rings. The molecule has 1 aromatic rings. The molecule has 0 aromatic carbocycles. The SMILES string of the molecule is CCOC.[CH2-]N(CCCC=O)c1[c-]n(C)c(=O)n(C)c1=O.[CH3-].[K+]. The molecule has 1 aromatic heterocycles. The Kier molecular flexibility index (Phi) is 18.3. The van der Waals surface area contributed by atoms with Gasteiger partial charge in [-0.25, -0.2) is 0 Å². The average molecular weight is 351 g/mol. The largest absolute Gasteiger partial charge is 1.00 e. The minimum absolute atomic E-state index is 0. The van der Waals surface area contributed by atoms with Crippen molar-refractivity contribution in [2.45, 2.75) is 19.8 Å². The molecule has 0 spiro atoms. The Balaban J connectivity index is -0.000000598. The molecule has 23 heavy (non-hydrogen) atoms. The summed E-state index contributed by atoms with van der Waals surface area (Å²) in [5.41, 5.74) is -0.644. The van der Waals surface area contributed by atoms with E-state index < -0.39 is 11.2 Å². The normalized spacial score (nSPS) is 8.91. The quantitative estimate of drug-likeness (QED) is 0.247. The number of unbranched alkanes of at least 4 members (excludes halogenated alkanes) is 1. The summed E-state index contributed by atoms with van der Waals surface area (Å²) in [5, 5.41) is 0. The Bertz CT molecular complexity index is 553. The van der Waals surface area contributed by atoms with Crippen molar-refractivity contribution >= 4 is 12.0 Å². The van der Waals surface area contributed by atoms with Crippen molar-refractivity contribution in [1.82, 2.24) is 9.13 Å². The molecule has 7 nitrogen and oxygen atoms in total. The van der Waals surface area contributed by atoms with Gasteiger partial charge in [-0.3, -0.25) is 7.05 Å². The molecule has 0 amide bonds. The topological polar surface area (TPSA) is 73.5 Å². The number of carbonyl (C=O) groups excluding carboxylic acids is 1. The molecule has 8 heteroatoms. The van der Waals surface area contributed by atoms with Crippen LogP contribution in [0.2, 0.25) is 0 Å². The van der Waals surface area contributed by atoms with Crippen molar-refractivity contribution in [1.29, 1.82) is 0 Å². The number of hydrogen-bond donors (Lipinski definition) is 0. The van der Waals surface area contributed by atoms with Crippen molar-refractivity contribution < 1.29 is 60.9 Å². The first-order valence-corrected chi connectivity index (χ1v) is 6.60. The van der Waals surface area contributed by atoms with Crippen molar-refractivity contribution in [3.63, 3.8) is 0 Å². The van der Waals surface area contributed by atoms with Crippen molar-refractivity contribution in [2.75, 3.05) is 25.2 Å². The first kappa shape index (κ1) is 27.6. The number of rotatable bonds is 6. The molecule has 0 aliphatic carbocycles. The number of aldehydes is 1. The van der Waals surface area contributed by atoms with Gasteiger partial charge in [-0.1, -0.05) is 6.20 Å². The first-order valence-electron chi connectivity index (χ1n) is 6.60. The summed E-state index contributed by atoms with van der Waals surface area (Å²) in [6.45, 7) is 3.24. The van der Waals surface area contributed by atoms with E-state index in [0.29, 0.717) is 19.4 Å². The van der Waals surface area contributed by atoms with Crippen molar-refractivity contribution in [3.05, 3.63) is 41.5 Å². The van der Waals surface area contributed by atoms with E-state index in [0.717, 1.165) is 17.5 Å². The summed E-state index contributed by atoms with van der Waals surface area (Å²) in [4.78, 5) is 34.9. The first-order chi connectivity index (χ1) is 9.90. The molecule has 0 N–H and O–H groups in total. The van der Waals surface area contributed by atoms with Gasteiger partial charge in [0, 0.05) is 20.1 Å². The molecule has 0 aliphatic rings. The predicted octanol–water partition coefficient (Wildman–Crippen LogP) is -2.43. The number of hydrogen-bond acceptors (Lipinski definition) is 5. The monoisotopic (exact) mass is 351 g/mol. The molecular weight excluding hydrogens is 325 g/mol. The van der Waals surface area contributed by atoms with Gasteiger partial charge in [-0.2, -0.15) is 0 Å². The Morgan fingerprint density at radius 3 is 2.30 bits per heavy atom. The van der Waals surface area contributed by atoms with Gasteiger partial charge in [0.25, 0.3) is 0 Å². The van der Waals surface area contributed by atoms with E-state index in [4.69, 9.17) is 0 Å². The number of carbonyl (C=O) groups is 1. The third kappa shape index (κ3) is 9.58. The minimum atomic E-state index is -0.436. The average Bonchev–Trinajstić information content (AvgIpc) is 2.49. The molecular formula is C15H26KN3O4-2. The zero-order chi connectivity index (χ0) is 16.4. The van der Waals surface area contributed by atoms with Crippen LogP contribution in [-0.4, -0.2) is 35.7 Å². The minimum Gasteiger partial charge on any atom is -0.540 e. The van der Waals surface area contributed by atoms with Crippen LogP contribution in [0, 0.1) is 20.7 Å². The van der Waals surface area contributed by atoms with Gasteiger partial charge >= 0.3 is 51.4 Å². The third-order valence-electron chi connectivity index (χ3n) is 2.71. The fraction of sp³-hybridized carbons (Fsp3) is 0.533. The number of methoxy groups -OCH3 is 1. The third-order valence-corrected chi connectivity index (χ3v) is 2.71. The van der Waals surface area contributed by atoms with E-state index >= 15 is 0 Å². The maximum absolute atomic E-state index is 11.8. The summed E-state index contributed by atoms with van der Waals surface area (Å²) in [6.07, 6.45) is 4.49. The van der Waals surface area contributed by atoms with Gasteiger partial charge in [-0.05, 0) is 39.7 Å². The standard InChI is InChI=1S/C11H15N3O3.C3H8O.CH3.K/c1-12(6-4-5-7-15)9-8-13(2)11(17)14(3)10(9)16;1-3-4-2;;/h7H,1,4-6H2,2-3H3;3H2,1-2H3;1H3;/q-2;;-1;+1. The summed E-state index contributed by atoms with van der Waals surface area (Å²) >= 11 is 0. The van der Waals surface area contributed by atoms with Gasteiger partial charge in [0.05, 0.1) is 0 Å². The number of nitrogens with zero attached hydrogens (tertiary/aromatic N) is 3. The Labute approximate surface area is 181 Å². The van der Waals surface area contributed by atoms with Gasteiger partial charge < -0.3 is 40.6 Å². The Morgan fingerprint density at radius 2 is 1.87 bits per heavy atom. The van der Waals surface area contributed by atoms with E-state index in [9.17, 15) is 14.4 Å². The van der Waals surface area contributed by atoms with Crippen LogP contribution < -0.4 is 67.5 Å². The molecule has 0 saturated carbocycles. The van der Waals surface area contributed by atoms with Gasteiger partial charge in [-0.15, -0.1) is 0 Å². The second-order valence-corrected chi connectivity index (χ2v) is 4.32. The molecule has 0 atom stereocenters. The van der Waals surface area contributed by atoms with Crippen LogP contribution in [0.1, 0.15) is 19.8 Å². The van der Waals surface area contributed by atoms with E-state index in [1.54, 1.807) is 7.11 Å². The molecule has 0 saturated heterocycles. The van der Waals surface area contributed by atoms with Crippen LogP contribution in [0.5, 0.6) is 0 Å². The van der Waals surface area contributed by atoms with Crippen LogP contribution in [0.25, 0.3) is 0 Å². The summed E-state index contributed by atoms with van der Waals surface area (Å²) < 4.78 is 6.75. The summed E-state index contributed by atoms with van der Waals surface area (Å²) in [6, 6.07) is 0. The van der Waals surface area contributed by atoms with Crippen LogP contribution in [-0.2, 0) is 23.6 Å². The van der Waals surface area contributed by atoms with E-state index in [-0.39, 0.29) is 64.5 Å². The van der Waals surface area contributed by atoms with E-state index in [1.165, 1.54) is 23.6 Å². The molecule has 1 heterocycles. The Hall–Kier alpha value is -0.254. The maximum atomic E-state index is 11.8. The summed E-state index contributed by atoms with van der Waals surface area (Å²) in [5.74, 6) is 0. The van der Waals surface area contributed by atoms with Crippen LogP contribution in [0.15, 0.2) is 9.59 Å². The zero-order valence-corrected chi connectivity index (χ0v) is 18.2. The maximum Gasteiger partial charge on any atom is 1.00 e. The van der Waals surface area contributed by atoms with Crippen LogP contribution in [0.3, 0.4) is 0 Å². The molecule has 1 rings (SSSR count). The second-order valence-electron chi connectivity index (χ2n) is 4.32.